The number of hydrogen-bond donors (Lipinski definition) is 1. The Bertz CT molecular complexity index is 524. The van der Waals surface area contributed by atoms with Crippen molar-refractivity contribution in [1.82, 2.24) is 9.80 Å². The smallest absolute Gasteiger partial charge is 0.289 e. The van der Waals surface area contributed by atoms with Crippen LogP contribution in [0.4, 0.5) is 0 Å². The Kier molecular flexibility index (Phi) is 4.40. The number of amides is 1. The molecule has 1 aromatic heterocycles. The average Bonchev–Trinajstić information content (AvgIpc) is 3.17. The van der Waals surface area contributed by atoms with Crippen LogP contribution in [-0.2, 0) is 0 Å². The molecule has 0 aromatic carbocycles. The van der Waals surface area contributed by atoms with Gasteiger partial charge in [-0.2, -0.15) is 0 Å². The van der Waals surface area contributed by atoms with Gasteiger partial charge < -0.3 is 24.1 Å². The van der Waals surface area contributed by atoms with Crippen LogP contribution in [0.15, 0.2) is 16.5 Å². The maximum Gasteiger partial charge on any atom is 0.289 e. The zero-order valence-electron chi connectivity index (χ0n) is 13.1. The first kappa shape index (κ1) is 15.4. The van der Waals surface area contributed by atoms with E-state index in [1.807, 2.05) is 0 Å². The lowest BCUT2D eigenvalue weighted by molar-refractivity contribution is -0.0437. The number of ether oxygens (including phenoxy) is 1. The van der Waals surface area contributed by atoms with Gasteiger partial charge in [0.05, 0.1) is 19.3 Å². The van der Waals surface area contributed by atoms with Gasteiger partial charge in [0.1, 0.15) is 0 Å². The number of aliphatic hydroxyl groups is 1. The zero-order chi connectivity index (χ0) is 15.6. The van der Waals surface area contributed by atoms with Crippen molar-refractivity contribution >= 4 is 5.91 Å². The van der Waals surface area contributed by atoms with Gasteiger partial charge in [0.25, 0.3) is 11.9 Å². The highest BCUT2D eigenvalue weighted by Gasteiger charge is 2.38. The number of furan rings is 1. The van der Waals surface area contributed by atoms with Crippen LogP contribution in [0.2, 0.25) is 0 Å². The van der Waals surface area contributed by atoms with Crippen molar-refractivity contribution in [3.05, 3.63) is 17.9 Å². The number of methoxy groups -OCH3 is 1. The Labute approximate surface area is 130 Å². The molecule has 0 unspecified atom stereocenters. The molecule has 3 rings (SSSR count). The van der Waals surface area contributed by atoms with Gasteiger partial charge >= 0.3 is 0 Å². The fourth-order valence-corrected chi connectivity index (χ4v) is 3.47. The van der Waals surface area contributed by atoms with E-state index in [0.717, 1.165) is 25.9 Å². The second-order valence-electron chi connectivity index (χ2n) is 6.36. The third-order valence-corrected chi connectivity index (χ3v) is 4.55. The molecule has 2 aliphatic rings. The number of likely N-dealkylation sites (tertiary alicyclic amines) is 2. The van der Waals surface area contributed by atoms with Crippen LogP contribution < -0.4 is 4.74 Å². The van der Waals surface area contributed by atoms with Crippen molar-refractivity contribution in [1.29, 1.82) is 0 Å². The van der Waals surface area contributed by atoms with E-state index in [2.05, 4.69) is 4.90 Å². The molecule has 0 saturated carbocycles. The van der Waals surface area contributed by atoms with E-state index in [4.69, 9.17) is 9.15 Å². The fourth-order valence-electron chi connectivity index (χ4n) is 3.47. The third-order valence-electron chi connectivity index (χ3n) is 4.55. The van der Waals surface area contributed by atoms with Crippen LogP contribution in [-0.4, -0.2) is 66.2 Å². The molecule has 1 N–H and O–H groups in total. The van der Waals surface area contributed by atoms with Crippen molar-refractivity contribution in [2.75, 3.05) is 39.8 Å². The van der Waals surface area contributed by atoms with Crippen molar-refractivity contribution in [3.8, 4) is 5.95 Å². The van der Waals surface area contributed by atoms with E-state index in [1.165, 1.54) is 20.0 Å². The molecule has 1 atom stereocenters. The molecule has 0 radical (unpaired) electrons. The number of nitrogens with zero attached hydrogens (tertiary/aromatic N) is 2. The van der Waals surface area contributed by atoms with Crippen molar-refractivity contribution in [3.63, 3.8) is 0 Å². The SMILES string of the molecule is COc1ccc(C(=O)N2CCC[C@@](O)(CN3CCCC3)C2)o1. The fraction of sp³-hybridized carbons (Fsp3) is 0.688. The molecule has 122 valence electrons. The number of hydrogen-bond acceptors (Lipinski definition) is 5. The van der Waals surface area contributed by atoms with Crippen molar-refractivity contribution < 1.29 is 19.1 Å². The summed E-state index contributed by atoms with van der Waals surface area (Å²) < 4.78 is 10.3. The summed E-state index contributed by atoms with van der Waals surface area (Å²) in [6, 6.07) is 3.25. The first-order chi connectivity index (χ1) is 10.6. The van der Waals surface area contributed by atoms with Gasteiger partial charge in [-0.05, 0) is 44.8 Å². The molecule has 2 fully saturated rings. The lowest BCUT2D eigenvalue weighted by Gasteiger charge is -2.40. The Balaban J connectivity index is 1.65. The summed E-state index contributed by atoms with van der Waals surface area (Å²) in [6.45, 7) is 3.77. The standard InChI is InChI=1S/C16H24N2O4/c1-21-14-6-5-13(22-14)15(19)18-10-4-7-16(20,12-18)11-17-8-2-3-9-17/h5-6,20H,2-4,7-12H2,1H3/t16-/m1/s1. The second kappa shape index (κ2) is 6.30. The van der Waals surface area contributed by atoms with Crippen LogP contribution in [0.1, 0.15) is 36.2 Å². The van der Waals surface area contributed by atoms with Gasteiger partial charge in [0.15, 0.2) is 5.76 Å². The lowest BCUT2D eigenvalue weighted by Crippen LogP contribution is -2.55. The van der Waals surface area contributed by atoms with Crippen LogP contribution in [0.5, 0.6) is 5.95 Å². The summed E-state index contributed by atoms with van der Waals surface area (Å²) in [5.41, 5.74) is -0.811. The minimum absolute atomic E-state index is 0.178. The van der Waals surface area contributed by atoms with E-state index < -0.39 is 5.60 Å². The van der Waals surface area contributed by atoms with Crippen molar-refractivity contribution in [2.45, 2.75) is 31.3 Å². The Morgan fingerprint density at radius 1 is 1.32 bits per heavy atom. The van der Waals surface area contributed by atoms with E-state index in [9.17, 15) is 9.90 Å². The monoisotopic (exact) mass is 308 g/mol. The molecule has 3 heterocycles. The predicted molar refractivity (Wildman–Crippen MR) is 81.0 cm³/mol. The molecule has 2 saturated heterocycles. The maximum atomic E-state index is 12.5. The molecule has 0 bridgehead atoms. The number of rotatable bonds is 4. The van der Waals surface area contributed by atoms with Crippen LogP contribution >= 0.6 is 0 Å². The molecule has 1 amide bonds. The molecular formula is C16H24N2O4. The average molecular weight is 308 g/mol. The largest absolute Gasteiger partial charge is 0.468 e. The molecule has 1 aromatic rings. The van der Waals surface area contributed by atoms with E-state index >= 15 is 0 Å². The molecule has 0 spiro atoms. The Hall–Kier alpha value is -1.53. The molecule has 22 heavy (non-hydrogen) atoms. The third kappa shape index (κ3) is 3.28. The van der Waals surface area contributed by atoms with Gasteiger partial charge in [-0.15, -0.1) is 0 Å². The lowest BCUT2D eigenvalue weighted by atomic mass is 9.92. The summed E-state index contributed by atoms with van der Waals surface area (Å²) in [6.07, 6.45) is 3.96. The quantitative estimate of drug-likeness (QED) is 0.909. The van der Waals surface area contributed by atoms with E-state index in [0.29, 0.717) is 25.6 Å². The summed E-state index contributed by atoms with van der Waals surface area (Å²) in [5.74, 6) is 0.415. The van der Waals surface area contributed by atoms with Gasteiger partial charge in [0.2, 0.25) is 0 Å². The summed E-state index contributed by atoms with van der Waals surface area (Å²) in [4.78, 5) is 16.5. The molecule has 2 aliphatic heterocycles. The molecule has 6 nitrogen and oxygen atoms in total. The number of piperidine rings is 1. The molecule has 0 aliphatic carbocycles. The summed E-state index contributed by atoms with van der Waals surface area (Å²) in [7, 11) is 1.50. The first-order valence-electron chi connectivity index (χ1n) is 7.97. The molecule has 6 heteroatoms. The number of β-amino-alcohol motifs (C(OH)–C–C–N with tert-alkyl or cyclic N) is 1. The van der Waals surface area contributed by atoms with Crippen LogP contribution in [0.25, 0.3) is 0 Å². The second-order valence-corrected chi connectivity index (χ2v) is 6.36. The normalized spacial score (nSPS) is 26.4. The van der Waals surface area contributed by atoms with E-state index in [-0.39, 0.29) is 11.7 Å². The highest BCUT2D eigenvalue weighted by atomic mass is 16.6. The van der Waals surface area contributed by atoms with Gasteiger partial charge in [-0.1, -0.05) is 0 Å². The highest BCUT2D eigenvalue weighted by molar-refractivity contribution is 5.91. The number of carbonyl (C=O) groups is 1. The highest BCUT2D eigenvalue weighted by Crippen LogP contribution is 2.26. The topological polar surface area (TPSA) is 66.2 Å². The summed E-state index contributed by atoms with van der Waals surface area (Å²) in [5, 5.41) is 10.9. The van der Waals surface area contributed by atoms with Crippen LogP contribution in [0, 0.1) is 0 Å². The summed E-state index contributed by atoms with van der Waals surface area (Å²) >= 11 is 0. The molecular weight excluding hydrogens is 284 g/mol. The van der Waals surface area contributed by atoms with Gasteiger partial charge in [-0.3, -0.25) is 4.79 Å². The Morgan fingerprint density at radius 3 is 2.77 bits per heavy atom. The Morgan fingerprint density at radius 2 is 2.09 bits per heavy atom. The zero-order valence-corrected chi connectivity index (χ0v) is 13.1. The minimum atomic E-state index is -0.811. The van der Waals surface area contributed by atoms with E-state index in [1.54, 1.807) is 17.0 Å². The first-order valence-corrected chi connectivity index (χ1v) is 7.97. The maximum absolute atomic E-state index is 12.5. The number of carbonyl (C=O) groups excluding carboxylic acids is 1. The van der Waals surface area contributed by atoms with Gasteiger partial charge in [-0.25, -0.2) is 0 Å². The predicted octanol–water partition coefficient (Wildman–Crippen LogP) is 1.35. The minimum Gasteiger partial charge on any atom is -0.468 e. The van der Waals surface area contributed by atoms with Crippen molar-refractivity contribution in [2.24, 2.45) is 0 Å². The van der Waals surface area contributed by atoms with Gasteiger partial charge in [0, 0.05) is 19.2 Å². The van der Waals surface area contributed by atoms with Crippen LogP contribution in [0.3, 0.4) is 0 Å².